The molecule has 0 spiro atoms. The largest absolute Gasteiger partial charge is 0.452 e. The van der Waals surface area contributed by atoms with Crippen LogP contribution in [0.3, 0.4) is 0 Å². The van der Waals surface area contributed by atoms with Crippen LogP contribution in [0.4, 0.5) is 0 Å². The number of carbonyl (C=O) groups excluding carboxylic acids is 3. The van der Waals surface area contributed by atoms with Gasteiger partial charge in [-0.05, 0) is 31.5 Å². The van der Waals surface area contributed by atoms with Crippen LogP contribution >= 0.6 is 11.3 Å². The van der Waals surface area contributed by atoms with E-state index in [9.17, 15) is 14.4 Å². The van der Waals surface area contributed by atoms with Crippen molar-refractivity contribution in [2.24, 2.45) is 0 Å². The topological polar surface area (TPSA) is 80.6 Å². The predicted octanol–water partition coefficient (Wildman–Crippen LogP) is 1.52. The van der Waals surface area contributed by atoms with Crippen LogP contribution in [0.5, 0.6) is 0 Å². The highest BCUT2D eigenvalue weighted by molar-refractivity contribution is 7.15. The Labute approximate surface area is 150 Å². The van der Waals surface area contributed by atoms with Gasteiger partial charge in [0.05, 0.1) is 12.1 Å². The molecule has 8 heteroatoms. The number of aryl methyl sites for hydroxylation is 1. The van der Waals surface area contributed by atoms with Crippen molar-refractivity contribution in [2.45, 2.75) is 13.8 Å². The molecule has 0 aliphatic carbocycles. The average molecular weight is 363 g/mol. The molecule has 134 valence electrons. The van der Waals surface area contributed by atoms with E-state index < -0.39 is 18.5 Å². The summed E-state index contributed by atoms with van der Waals surface area (Å²) in [5.41, 5.74) is 1.29. The van der Waals surface area contributed by atoms with Crippen molar-refractivity contribution in [1.82, 2.24) is 14.8 Å². The normalized spacial score (nSPS) is 10.4. The standard InChI is InChI=1S/C17H21N3O4S/c1-11-12(2)25-16(20-7-5-6-8-20)15(11)17(23)24-10-13(21)18-9-14(22)19(3)4/h5-8H,9-10H2,1-4H3,(H,18,21). The number of nitrogens with one attached hydrogen (secondary N) is 1. The maximum Gasteiger partial charge on any atom is 0.341 e. The van der Waals surface area contributed by atoms with Crippen LogP contribution in [0.1, 0.15) is 20.8 Å². The molecule has 0 saturated carbocycles. The van der Waals surface area contributed by atoms with Crippen molar-refractivity contribution in [3.8, 4) is 5.00 Å². The molecule has 0 bridgehead atoms. The van der Waals surface area contributed by atoms with Crippen LogP contribution in [0, 0.1) is 13.8 Å². The fourth-order valence-corrected chi connectivity index (χ4v) is 3.20. The third kappa shape index (κ3) is 4.48. The number of hydrogen-bond donors (Lipinski definition) is 1. The molecule has 1 N–H and O–H groups in total. The van der Waals surface area contributed by atoms with Gasteiger partial charge in [0.25, 0.3) is 5.91 Å². The fourth-order valence-electron chi connectivity index (χ4n) is 2.09. The maximum absolute atomic E-state index is 12.5. The van der Waals surface area contributed by atoms with Crippen molar-refractivity contribution in [1.29, 1.82) is 0 Å². The van der Waals surface area contributed by atoms with Crippen LogP contribution in [-0.4, -0.2) is 54.5 Å². The number of carbonyl (C=O) groups is 3. The van der Waals surface area contributed by atoms with Gasteiger partial charge in [0.15, 0.2) is 6.61 Å². The minimum atomic E-state index is -0.556. The van der Waals surface area contributed by atoms with Crippen molar-refractivity contribution in [3.63, 3.8) is 0 Å². The molecule has 0 atom stereocenters. The molecule has 0 saturated heterocycles. The van der Waals surface area contributed by atoms with Crippen molar-refractivity contribution >= 4 is 29.1 Å². The van der Waals surface area contributed by atoms with E-state index in [1.165, 1.54) is 16.2 Å². The highest BCUT2D eigenvalue weighted by Crippen LogP contribution is 2.31. The summed E-state index contributed by atoms with van der Waals surface area (Å²) in [5.74, 6) is -1.31. The summed E-state index contributed by atoms with van der Waals surface area (Å²) in [6.07, 6.45) is 3.70. The summed E-state index contributed by atoms with van der Waals surface area (Å²) in [7, 11) is 3.19. The Kier molecular flexibility index (Phi) is 5.97. The van der Waals surface area contributed by atoms with Gasteiger partial charge in [0.1, 0.15) is 5.00 Å². The quantitative estimate of drug-likeness (QED) is 0.789. The summed E-state index contributed by atoms with van der Waals surface area (Å²) < 4.78 is 6.98. The highest BCUT2D eigenvalue weighted by atomic mass is 32.1. The average Bonchev–Trinajstić information content (AvgIpc) is 3.19. The zero-order valence-electron chi connectivity index (χ0n) is 14.7. The molecule has 0 aliphatic heterocycles. The van der Waals surface area contributed by atoms with Gasteiger partial charge in [0.2, 0.25) is 5.91 Å². The first kappa shape index (κ1) is 18.7. The predicted molar refractivity (Wildman–Crippen MR) is 95.1 cm³/mol. The van der Waals surface area contributed by atoms with Crippen molar-refractivity contribution in [2.75, 3.05) is 27.2 Å². The van der Waals surface area contributed by atoms with Gasteiger partial charge in [-0.3, -0.25) is 9.59 Å². The molecule has 0 fully saturated rings. The third-order valence-corrected chi connectivity index (χ3v) is 4.90. The van der Waals surface area contributed by atoms with Crippen LogP contribution in [0.2, 0.25) is 0 Å². The lowest BCUT2D eigenvalue weighted by molar-refractivity contribution is -0.131. The lowest BCUT2D eigenvalue weighted by atomic mass is 10.1. The van der Waals surface area contributed by atoms with Crippen molar-refractivity contribution in [3.05, 3.63) is 40.5 Å². The van der Waals surface area contributed by atoms with Gasteiger partial charge in [-0.15, -0.1) is 11.3 Å². The zero-order chi connectivity index (χ0) is 18.6. The van der Waals surface area contributed by atoms with Crippen LogP contribution in [-0.2, 0) is 14.3 Å². The van der Waals surface area contributed by atoms with Gasteiger partial charge in [-0.2, -0.15) is 0 Å². The first-order valence-corrected chi connectivity index (χ1v) is 8.50. The number of rotatable bonds is 6. The summed E-state index contributed by atoms with van der Waals surface area (Å²) in [5, 5.41) is 3.18. The summed E-state index contributed by atoms with van der Waals surface area (Å²) >= 11 is 1.49. The molecule has 2 heterocycles. The number of aromatic nitrogens is 1. The lowest BCUT2D eigenvalue weighted by Gasteiger charge is -2.11. The van der Waals surface area contributed by atoms with Crippen molar-refractivity contribution < 1.29 is 19.1 Å². The monoisotopic (exact) mass is 363 g/mol. The second-order valence-corrected chi connectivity index (χ2v) is 6.90. The molecule has 0 unspecified atom stereocenters. The number of amides is 2. The fraction of sp³-hybridized carbons (Fsp3) is 0.353. The number of esters is 1. The van der Waals surface area contributed by atoms with E-state index >= 15 is 0 Å². The third-order valence-electron chi connectivity index (χ3n) is 3.68. The molecular formula is C17H21N3O4S. The first-order chi connectivity index (χ1) is 11.8. The SMILES string of the molecule is Cc1sc(-n2cccc2)c(C(=O)OCC(=O)NCC(=O)N(C)C)c1C. The summed E-state index contributed by atoms with van der Waals surface area (Å²) in [6.45, 7) is 3.22. The molecule has 2 rings (SSSR count). The molecule has 7 nitrogen and oxygen atoms in total. The Balaban J connectivity index is 2.02. The Morgan fingerprint density at radius 1 is 1.20 bits per heavy atom. The molecule has 0 aliphatic rings. The lowest BCUT2D eigenvalue weighted by Crippen LogP contribution is -2.38. The van der Waals surface area contributed by atoms with Gasteiger partial charge in [-0.25, -0.2) is 4.79 Å². The second kappa shape index (κ2) is 7.98. The van der Waals surface area contributed by atoms with E-state index in [1.807, 2.05) is 42.9 Å². The molecule has 2 aromatic heterocycles. The van der Waals surface area contributed by atoms with E-state index in [0.29, 0.717) is 5.56 Å². The minimum Gasteiger partial charge on any atom is -0.452 e. The van der Waals surface area contributed by atoms with E-state index in [2.05, 4.69) is 5.32 Å². The van der Waals surface area contributed by atoms with E-state index in [4.69, 9.17) is 4.74 Å². The summed E-state index contributed by atoms with van der Waals surface area (Å²) in [4.78, 5) is 38.0. The molecular weight excluding hydrogens is 342 g/mol. The van der Waals surface area contributed by atoms with Gasteiger partial charge >= 0.3 is 5.97 Å². The highest BCUT2D eigenvalue weighted by Gasteiger charge is 2.22. The Morgan fingerprint density at radius 2 is 1.84 bits per heavy atom. The van der Waals surface area contributed by atoms with Crippen LogP contribution < -0.4 is 5.32 Å². The molecule has 25 heavy (non-hydrogen) atoms. The number of ether oxygens (including phenoxy) is 1. The van der Waals surface area contributed by atoms with E-state index in [-0.39, 0.29) is 12.5 Å². The van der Waals surface area contributed by atoms with E-state index in [1.54, 1.807) is 14.1 Å². The molecule has 2 aromatic rings. The Morgan fingerprint density at radius 3 is 2.44 bits per heavy atom. The van der Waals surface area contributed by atoms with Gasteiger partial charge in [-0.1, -0.05) is 0 Å². The minimum absolute atomic E-state index is 0.130. The van der Waals surface area contributed by atoms with E-state index in [0.717, 1.165) is 15.4 Å². The first-order valence-electron chi connectivity index (χ1n) is 7.68. The van der Waals surface area contributed by atoms with Crippen LogP contribution in [0.15, 0.2) is 24.5 Å². The number of thiophene rings is 1. The zero-order valence-corrected chi connectivity index (χ0v) is 15.5. The maximum atomic E-state index is 12.5. The Bertz CT molecular complexity index is 778. The van der Waals surface area contributed by atoms with Crippen LogP contribution in [0.25, 0.3) is 5.00 Å². The number of likely N-dealkylation sites (N-methyl/N-ethyl adjacent to an activating group) is 1. The van der Waals surface area contributed by atoms with Gasteiger partial charge < -0.3 is 19.5 Å². The number of hydrogen-bond acceptors (Lipinski definition) is 5. The van der Waals surface area contributed by atoms with Gasteiger partial charge in [0, 0.05) is 31.4 Å². The number of nitrogens with zero attached hydrogens (tertiary/aromatic N) is 2. The summed E-state index contributed by atoms with van der Waals surface area (Å²) in [6, 6.07) is 3.74. The molecule has 2 amide bonds. The molecule has 0 radical (unpaired) electrons. The Hall–Kier alpha value is -2.61. The second-order valence-electron chi connectivity index (χ2n) is 5.69. The molecule has 0 aromatic carbocycles. The smallest absolute Gasteiger partial charge is 0.341 e.